The number of nitrogens with one attached hydrogen (secondary N) is 1. The Morgan fingerprint density at radius 2 is 2.00 bits per heavy atom. The fourth-order valence-corrected chi connectivity index (χ4v) is 2.98. The minimum atomic E-state index is -0.612. The average Bonchev–Trinajstić information content (AvgIpc) is 2.91. The Labute approximate surface area is 119 Å². The molecule has 0 radical (unpaired) electrons. The summed E-state index contributed by atoms with van der Waals surface area (Å²) in [5.41, 5.74) is 7.49. The Morgan fingerprint density at radius 3 is 2.85 bits per heavy atom. The van der Waals surface area contributed by atoms with Crippen LogP contribution < -0.4 is 11.1 Å². The molecule has 3 rings (SSSR count). The SMILES string of the molecule is Nc1c(F)cccc1C(=O)Nc1cccc2c1N=[Se]=N2. The fraction of sp³-hybridized carbons (Fsp3) is 0. The molecule has 20 heavy (non-hydrogen) atoms. The molecule has 1 heterocycles. The number of nitrogens with zero attached hydrogens (tertiary/aromatic N) is 2. The zero-order valence-electron chi connectivity index (χ0n) is 10.1. The van der Waals surface area contributed by atoms with Gasteiger partial charge in [0.25, 0.3) is 0 Å². The Morgan fingerprint density at radius 1 is 1.20 bits per heavy atom. The molecule has 0 unspecified atom stereocenters. The number of halogens is 1. The minimum absolute atomic E-state index is 0.100. The van der Waals surface area contributed by atoms with Crippen LogP contribution in [0.2, 0.25) is 0 Å². The first-order chi connectivity index (χ1) is 9.66. The van der Waals surface area contributed by atoms with Crippen molar-refractivity contribution in [2.24, 2.45) is 7.92 Å². The molecule has 0 aromatic heterocycles. The summed E-state index contributed by atoms with van der Waals surface area (Å²) >= 11 is -0.180. The molecule has 0 atom stereocenters. The van der Waals surface area contributed by atoms with Crippen LogP contribution >= 0.6 is 0 Å². The summed E-state index contributed by atoms with van der Waals surface area (Å²) in [6.07, 6.45) is 0. The maximum atomic E-state index is 13.4. The Hall–Kier alpha value is -2.24. The van der Waals surface area contributed by atoms with E-state index < -0.39 is 11.7 Å². The van der Waals surface area contributed by atoms with Gasteiger partial charge in [-0.15, -0.1) is 0 Å². The second kappa shape index (κ2) is 5.03. The summed E-state index contributed by atoms with van der Waals surface area (Å²) in [4.78, 5) is 12.2. The number of nitrogens with two attached hydrogens (primary N) is 1. The van der Waals surface area contributed by atoms with Crippen LogP contribution in [0, 0.1) is 5.82 Å². The number of hydrogen-bond donors (Lipinski definition) is 2. The van der Waals surface area contributed by atoms with E-state index >= 15 is 0 Å². The monoisotopic (exact) mass is 336 g/mol. The summed E-state index contributed by atoms with van der Waals surface area (Å²) < 4.78 is 21.9. The zero-order chi connectivity index (χ0) is 14.1. The normalized spacial score (nSPS) is 11.8. The number of para-hydroxylation sites is 1. The van der Waals surface area contributed by atoms with Gasteiger partial charge in [0.1, 0.15) is 0 Å². The van der Waals surface area contributed by atoms with Gasteiger partial charge in [-0.3, -0.25) is 0 Å². The van der Waals surface area contributed by atoms with Crippen molar-refractivity contribution in [3.05, 3.63) is 47.8 Å². The molecular formula is C13H9FN4OSe. The van der Waals surface area contributed by atoms with Crippen LogP contribution in [-0.4, -0.2) is 20.5 Å². The molecule has 0 saturated heterocycles. The number of nitrogen functional groups attached to an aromatic ring is 1. The van der Waals surface area contributed by atoms with Crippen LogP contribution in [0.15, 0.2) is 44.3 Å². The average molecular weight is 335 g/mol. The van der Waals surface area contributed by atoms with Crippen molar-refractivity contribution >= 4 is 43.2 Å². The van der Waals surface area contributed by atoms with Gasteiger partial charge in [0.2, 0.25) is 0 Å². The number of carbonyl (C=O) groups excluding carboxylic acids is 1. The molecule has 2 aromatic rings. The quantitative estimate of drug-likeness (QED) is 0.558. The Balaban J connectivity index is 1.93. The van der Waals surface area contributed by atoms with Crippen molar-refractivity contribution in [2.45, 2.75) is 0 Å². The van der Waals surface area contributed by atoms with Gasteiger partial charge in [-0.05, 0) is 0 Å². The third-order valence-corrected chi connectivity index (χ3v) is 3.97. The fourth-order valence-electron chi connectivity index (χ4n) is 1.83. The number of hydrogen-bond acceptors (Lipinski definition) is 4. The molecule has 1 aliphatic rings. The molecule has 1 aliphatic heterocycles. The van der Waals surface area contributed by atoms with E-state index in [0.717, 1.165) is 5.69 Å². The molecule has 0 aliphatic carbocycles. The molecule has 0 fully saturated rings. The standard InChI is InChI=1S/C13H9FN4OSe/c14-8-4-1-3-7(11(8)15)13(19)16-9-5-2-6-10-12(9)18-20-17-10/h1-6H,15H2,(H,16,19). The first kappa shape index (κ1) is 12.8. The third kappa shape index (κ3) is 2.17. The van der Waals surface area contributed by atoms with Crippen molar-refractivity contribution < 1.29 is 9.18 Å². The van der Waals surface area contributed by atoms with E-state index in [2.05, 4.69) is 13.2 Å². The predicted molar refractivity (Wildman–Crippen MR) is 75.1 cm³/mol. The van der Waals surface area contributed by atoms with Gasteiger partial charge in [0, 0.05) is 0 Å². The summed E-state index contributed by atoms with van der Waals surface area (Å²) in [7, 11) is 0. The van der Waals surface area contributed by atoms with E-state index in [4.69, 9.17) is 5.73 Å². The van der Waals surface area contributed by atoms with Crippen LogP contribution in [0.3, 0.4) is 0 Å². The van der Waals surface area contributed by atoms with Crippen molar-refractivity contribution in [1.29, 1.82) is 0 Å². The van der Waals surface area contributed by atoms with Gasteiger partial charge in [0.15, 0.2) is 0 Å². The van der Waals surface area contributed by atoms with Gasteiger partial charge >= 0.3 is 119 Å². The maximum absolute atomic E-state index is 13.4. The van der Waals surface area contributed by atoms with Gasteiger partial charge < -0.3 is 0 Å². The van der Waals surface area contributed by atoms with Crippen LogP contribution in [-0.2, 0) is 0 Å². The van der Waals surface area contributed by atoms with Crippen molar-refractivity contribution in [1.82, 2.24) is 0 Å². The van der Waals surface area contributed by atoms with Crippen molar-refractivity contribution in [3.63, 3.8) is 0 Å². The van der Waals surface area contributed by atoms with Gasteiger partial charge in [-0.2, -0.15) is 0 Å². The van der Waals surface area contributed by atoms with Crippen molar-refractivity contribution in [2.75, 3.05) is 11.1 Å². The van der Waals surface area contributed by atoms with E-state index in [0.29, 0.717) is 11.4 Å². The molecule has 7 heteroatoms. The first-order valence-electron chi connectivity index (χ1n) is 5.73. The van der Waals surface area contributed by atoms with E-state index in [-0.39, 0.29) is 25.8 Å². The van der Waals surface area contributed by atoms with Crippen LogP contribution in [0.4, 0.5) is 27.1 Å². The van der Waals surface area contributed by atoms with E-state index in [9.17, 15) is 9.18 Å². The molecule has 0 spiro atoms. The van der Waals surface area contributed by atoms with Crippen LogP contribution in [0.1, 0.15) is 10.4 Å². The first-order valence-corrected chi connectivity index (χ1v) is 7.26. The van der Waals surface area contributed by atoms with Crippen LogP contribution in [0.25, 0.3) is 0 Å². The topological polar surface area (TPSA) is 79.8 Å². The van der Waals surface area contributed by atoms with Crippen LogP contribution in [0.5, 0.6) is 0 Å². The molecule has 1 amide bonds. The van der Waals surface area contributed by atoms with Gasteiger partial charge in [-0.25, -0.2) is 0 Å². The molecule has 5 nitrogen and oxygen atoms in total. The number of rotatable bonds is 2. The van der Waals surface area contributed by atoms with E-state index in [1.807, 2.05) is 6.07 Å². The Kier molecular flexibility index (Phi) is 3.21. The second-order valence-corrected chi connectivity index (χ2v) is 5.20. The van der Waals surface area contributed by atoms with Gasteiger partial charge in [-0.1, -0.05) is 0 Å². The van der Waals surface area contributed by atoms with Gasteiger partial charge in [0.05, 0.1) is 0 Å². The van der Waals surface area contributed by atoms with Crippen molar-refractivity contribution in [3.8, 4) is 0 Å². The summed E-state index contributed by atoms with van der Waals surface area (Å²) in [6, 6.07) is 9.47. The Bertz CT molecular complexity index is 784. The molecular weight excluding hydrogens is 326 g/mol. The number of amides is 1. The molecule has 0 saturated carbocycles. The molecule has 100 valence electrons. The molecule has 0 bridgehead atoms. The summed E-state index contributed by atoms with van der Waals surface area (Å²) in [5.74, 6) is -1.08. The number of benzene rings is 2. The van der Waals surface area contributed by atoms with E-state index in [1.165, 1.54) is 18.2 Å². The molecule has 2 aromatic carbocycles. The number of anilines is 2. The number of carbonyl (C=O) groups is 1. The van der Waals surface area contributed by atoms with E-state index in [1.54, 1.807) is 12.1 Å². The zero-order valence-corrected chi connectivity index (χ0v) is 11.8. The molecule has 3 N–H and O–H groups in total. The number of fused-ring (bicyclic) bond motifs is 1. The summed E-state index contributed by atoms with van der Waals surface area (Å²) in [6.45, 7) is 0. The predicted octanol–water partition coefficient (Wildman–Crippen LogP) is 3.01. The second-order valence-electron chi connectivity index (χ2n) is 4.09. The summed E-state index contributed by atoms with van der Waals surface area (Å²) in [5, 5.41) is 2.70. The third-order valence-electron chi connectivity index (χ3n) is 2.83.